The Bertz CT molecular complexity index is 1260. The number of nitrogens with one attached hydrogen (secondary N) is 2. The maximum Gasteiger partial charge on any atom is 0.252 e. The number of sulfonamides is 1. The number of rotatable bonds is 14. The number of piperazine rings is 1. The summed E-state index contributed by atoms with van der Waals surface area (Å²) in [4.78, 5) is 4.92. The first-order chi connectivity index (χ1) is 22.3. The minimum Gasteiger partial charge on any atom is -0.514 e. The molecule has 0 aliphatic carbocycles. The van der Waals surface area contributed by atoms with Crippen LogP contribution in [0.5, 0.6) is 0 Å². The molecule has 1 aliphatic rings. The second-order valence-corrected chi connectivity index (χ2v) is 15.3. The highest BCUT2D eigenvalue weighted by molar-refractivity contribution is 8.19. The number of allylic oxidation sites excluding steroid dienone is 1. The highest BCUT2D eigenvalue weighted by atomic mass is 32.3. The van der Waals surface area contributed by atoms with Gasteiger partial charge in [0.15, 0.2) is 15.9 Å². The number of furan rings is 1. The molecule has 0 bridgehead atoms. The van der Waals surface area contributed by atoms with Crippen LogP contribution in [0.4, 0.5) is 11.6 Å². The number of likely N-dealkylation sites (N-methyl/N-ethyl adjacent to an activating group) is 1. The van der Waals surface area contributed by atoms with Crippen LogP contribution in [0.2, 0.25) is 0 Å². The largest absolute Gasteiger partial charge is 0.514 e. The van der Waals surface area contributed by atoms with Gasteiger partial charge in [-0.3, -0.25) is 0 Å². The minimum absolute atomic E-state index is 0.172. The van der Waals surface area contributed by atoms with Crippen molar-refractivity contribution in [3.63, 3.8) is 0 Å². The maximum atomic E-state index is 12.8. The van der Waals surface area contributed by atoms with Gasteiger partial charge in [-0.15, -0.1) is 0 Å². The van der Waals surface area contributed by atoms with E-state index in [4.69, 9.17) is 4.42 Å². The number of nitrogens with zero attached hydrogens (tertiary/aromatic N) is 5. The number of hydrogen-bond donors (Lipinski definition) is 3. The molecule has 11 nitrogen and oxygen atoms in total. The first kappa shape index (κ1) is 44.9. The molecule has 0 amide bonds. The number of aliphatic hydroxyl groups is 1. The van der Waals surface area contributed by atoms with E-state index in [1.807, 2.05) is 34.0 Å². The van der Waals surface area contributed by atoms with Gasteiger partial charge in [0.1, 0.15) is 12.0 Å². The van der Waals surface area contributed by atoms with Crippen molar-refractivity contribution in [2.75, 3.05) is 57.5 Å². The van der Waals surface area contributed by atoms with Crippen LogP contribution in [0.1, 0.15) is 99.8 Å². The molecule has 3 N–H and O–H groups in total. The average molecular weight is 718 g/mol. The van der Waals surface area contributed by atoms with Crippen molar-refractivity contribution in [1.29, 1.82) is 0 Å². The summed E-state index contributed by atoms with van der Waals surface area (Å²) in [6.45, 7) is 25.6. The van der Waals surface area contributed by atoms with Gasteiger partial charge in [0.25, 0.3) is 10.0 Å². The molecule has 0 spiro atoms. The van der Waals surface area contributed by atoms with E-state index in [9.17, 15) is 13.5 Å². The number of thioether (sulfide) groups is 1. The highest BCUT2D eigenvalue weighted by Gasteiger charge is 2.32. The smallest absolute Gasteiger partial charge is 0.252 e. The lowest BCUT2D eigenvalue weighted by Crippen LogP contribution is -2.44. The number of aliphatic hydroxyl groups excluding tert-OH is 1. The first-order valence-electron chi connectivity index (χ1n) is 16.8. The third kappa shape index (κ3) is 16.7. The molecule has 0 radical (unpaired) electrons. The lowest BCUT2D eigenvalue weighted by atomic mass is 10.1. The topological polar surface area (TPSA) is 127 Å². The molecule has 47 heavy (non-hydrogen) atoms. The van der Waals surface area contributed by atoms with Gasteiger partial charge in [-0.05, 0) is 77.6 Å². The Morgan fingerprint density at radius 1 is 1.11 bits per heavy atom. The molecule has 2 aromatic heterocycles. The van der Waals surface area contributed by atoms with Gasteiger partial charge in [0.05, 0.1) is 24.5 Å². The molecular weight excluding hydrogens is 655 g/mol. The van der Waals surface area contributed by atoms with Crippen LogP contribution in [0.25, 0.3) is 0 Å². The molecule has 2 aromatic rings. The number of aryl methyl sites for hydroxylation is 1. The Balaban J connectivity index is 0.00000280. The molecular formula is C33H63N7O4S3. The Morgan fingerprint density at radius 3 is 2.28 bits per heavy atom. The molecule has 0 saturated carbocycles. The summed E-state index contributed by atoms with van der Waals surface area (Å²) in [5.41, 5.74) is 1.21. The SMILES string of the molecule is C/C(=C\S/C(=C/O)S(=O)(=O)N(C)C(C)(C)C)Nc1nsnc1NCc1cc(CCCCN2CCN(C)CC2)co1.CC.CC.CCC. The summed E-state index contributed by atoms with van der Waals surface area (Å²) in [5.74, 6) is 1.92. The summed E-state index contributed by atoms with van der Waals surface area (Å²) in [7, 11) is -0.173. The predicted molar refractivity (Wildman–Crippen MR) is 204 cm³/mol. The van der Waals surface area contributed by atoms with Crippen molar-refractivity contribution in [1.82, 2.24) is 22.9 Å². The van der Waals surface area contributed by atoms with Crippen molar-refractivity contribution in [3.8, 4) is 0 Å². The first-order valence-corrected chi connectivity index (χ1v) is 19.8. The van der Waals surface area contributed by atoms with E-state index < -0.39 is 15.6 Å². The zero-order valence-electron chi connectivity index (χ0n) is 31.0. The van der Waals surface area contributed by atoms with Crippen LogP contribution in [0, 0.1) is 0 Å². The normalized spacial score (nSPS) is 14.7. The van der Waals surface area contributed by atoms with E-state index in [0.717, 1.165) is 74.8 Å². The summed E-state index contributed by atoms with van der Waals surface area (Å²) < 4.78 is 41.1. The molecule has 3 rings (SSSR count). The van der Waals surface area contributed by atoms with E-state index in [1.165, 1.54) is 29.8 Å². The van der Waals surface area contributed by atoms with Gasteiger partial charge in [-0.1, -0.05) is 59.7 Å². The molecule has 3 heterocycles. The van der Waals surface area contributed by atoms with Crippen LogP contribution in [-0.4, -0.2) is 88.7 Å². The Morgan fingerprint density at radius 2 is 1.70 bits per heavy atom. The monoisotopic (exact) mass is 717 g/mol. The van der Waals surface area contributed by atoms with Gasteiger partial charge >= 0.3 is 0 Å². The third-order valence-electron chi connectivity index (χ3n) is 6.74. The second kappa shape index (κ2) is 24.1. The molecule has 14 heteroatoms. The molecule has 1 saturated heterocycles. The second-order valence-electron chi connectivity index (χ2n) is 11.7. The minimum atomic E-state index is -3.84. The molecule has 272 valence electrons. The molecule has 0 atom stereocenters. The van der Waals surface area contributed by atoms with E-state index in [2.05, 4.69) is 56.1 Å². The predicted octanol–water partition coefficient (Wildman–Crippen LogP) is 8.21. The van der Waals surface area contributed by atoms with E-state index in [0.29, 0.717) is 30.1 Å². The Labute approximate surface area is 294 Å². The van der Waals surface area contributed by atoms with Crippen LogP contribution >= 0.6 is 23.5 Å². The maximum absolute atomic E-state index is 12.8. The highest BCUT2D eigenvalue weighted by Crippen LogP contribution is 2.30. The van der Waals surface area contributed by atoms with Crippen molar-refractivity contribution in [2.45, 2.75) is 107 Å². The lowest BCUT2D eigenvalue weighted by Gasteiger charge is -2.32. The van der Waals surface area contributed by atoms with Gasteiger partial charge in [-0.2, -0.15) is 13.1 Å². The molecule has 0 unspecified atom stereocenters. The summed E-state index contributed by atoms with van der Waals surface area (Å²) >= 11 is 1.97. The van der Waals surface area contributed by atoms with Crippen LogP contribution in [0.15, 0.2) is 38.4 Å². The number of anilines is 2. The standard InChI is InChI=1S/C26H43N7O4S3.C3H8.2C2H6/c1-20(19-38-23(17-34)40(35,36)32(6)26(2,3)4)28-25-24(29-39-30-25)27-16-22-15-21(18-37-22)9-7-8-10-33-13-11-31(5)12-14-33;1-3-2;2*1-2/h15,17-19,34H,7-14,16H2,1-6H3,(H,27,29)(H,28,30);3H2,1-2H3;2*1-2H3/b20-19+,23-17-;;;. The third-order valence-corrected chi connectivity index (χ3v) is 10.9. The van der Waals surface area contributed by atoms with Crippen molar-refractivity contribution in [2.24, 2.45) is 0 Å². The zero-order chi connectivity index (χ0) is 36.0. The Kier molecular flexibility index (Phi) is 23.0. The summed E-state index contributed by atoms with van der Waals surface area (Å²) in [5, 5.41) is 17.6. The summed E-state index contributed by atoms with van der Waals surface area (Å²) in [6.07, 6.45) is 7.01. The quantitative estimate of drug-likeness (QED) is 0.129. The van der Waals surface area contributed by atoms with Gasteiger partial charge in [0, 0.05) is 44.5 Å². The fraction of sp³-hybridized carbons (Fsp3) is 0.697. The van der Waals surface area contributed by atoms with E-state index in [-0.39, 0.29) is 4.24 Å². The molecule has 1 aliphatic heterocycles. The molecule has 0 aromatic carbocycles. The number of unbranched alkanes of at least 4 members (excludes halogenated alkanes) is 1. The number of aromatic nitrogens is 2. The average Bonchev–Trinajstić information content (AvgIpc) is 3.69. The molecule has 1 fully saturated rings. The van der Waals surface area contributed by atoms with Crippen LogP contribution < -0.4 is 10.6 Å². The zero-order valence-corrected chi connectivity index (χ0v) is 33.5. The van der Waals surface area contributed by atoms with Gasteiger partial charge in [0.2, 0.25) is 0 Å². The fourth-order valence-electron chi connectivity index (χ4n) is 3.96. The van der Waals surface area contributed by atoms with E-state index >= 15 is 0 Å². The van der Waals surface area contributed by atoms with Crippen LogP contribution in [0.3, 0.4) is 0 Å². The van der Waals surface area contributed by atoms with Crippen molar-refractivity contribution in [3.05, 3.63) is 45.3 Å². The number of hydrogen-bond acceptors (Lipinski definition) is 12. The Hall–Kier alpha value is -2.10. The summed E-state index contributed by atoms with van der Waals surface area (Å²) in [6, 6.07) is 2.08. The van der Waals surface area contributed by atoms with E-state index in [1.54, 1.807) is 33.1 Å². The lowest BCUT2D eigenvalue weighted by molar-refractivity contribution is 0.152. The van der Waals surface area contributed by atoms with Crippen LogP contribution in [-0.2, 0) is 23.0 Å². The van der Waals surface area contributed by atoms with Crippen molar-refractivity contribution >= 4 is 45.1 Å². The van der Waals surface area contributed by atoms with Gasteiger partial charge < -0.3 is 30.0 Å². The fourth-order valence-corrected chi connectivity index (χ4v) is 6.95. The van der Waals surface area contributed by atoms with Crippen molar-refractivity contribution < 1.29 is 17.9 Å². The van der Waals surface area contributed by atoms with Gasteiger partial charge in [-0.25, -0.2) is 8.42 Å².